The molecule has 0 unspecified atom stereocenters. The summed E-state index contributed by atoms with van der Waals surface area (Å²) in [5, 5.41) is 0. The summed E-state index contributed by atoms with van der Waals surface area (Å²) in [5.74, 6) is 0.537. The number of unbranched alkanes of at least 4 members (excludes halogenated alkanes) is 1. The van der Waals surface area contributed by atoms with Crippen molar-refractivity contribution in [2.75, 3.05) is 72.1 Å². The van der Waals surface area contributed by atoms with Crippen LogP contribution in [0.5, 0.6) is 0 Å². The first-order chi connectivity index (χ1) is 13.0. The molecular weight excluding hydrogens is 332 g/mol. The molecule has 1 saturated heterocycles. The molecule has 0 aliphatic carbocycles. The predicted octanol–water partition coefficient (Wildman–Crippen LogP) is 3.55. The Morgan fingerprint density at radius 3 is 1.93 bits per heavy atom. The molecule has 0 bridgehead atoms. The molecule has 156 valence electrons. The summed E-state index contributed by atoms with van der Waals surface area (Å²) in [6, 6.07) is 0. The smallest absolute Gasteiger partial charge is 0.0513 e. The highest BCUT2D eigenvalue weighted by Gasteiger charge is 2.18. The molecule has 0 aromatic heterocycles. The van der Waals surface area contributed by atoms with Crippen molar-refractivity contribution in [2.24, 2.45) is 5.92 Å². The predicted molar refractivity (Wildman–Crippen MR) is 120 cm³/mol. The highest BCUT2D eigenvalue weighted by Crippen LogP contribution is 2.11. The van der Waals surface area contributed by atoms with E-state index in [0.29, 0.717) is 5.92 Å². The molecule has 0 atom stereocenters. The molecule has 0 saturated carbocycles. The average Bonchev–Trinajstić information content (AvgIpc) is 2.67. The summed E-state index contributed by atoms with van der Waals surface area (Å²) < 4.78 is 0. The van der Waals surface area contributed by atoms with Crippen LogP contribution in [-0.2, 0) is 0 Å². The average molecular weight is 377 g/mol. The van der Waals surface area contributed by atoms with Gasteiger partial charge in [-0.15, -0.1) is 13.2 Å². The van der Waals surface area contributed by atoms with E-state index in [-0.39, 0.29) is 0 Å². The Labute approximate surface area is 169 Å². The van der Waals surface area contributed by atoms with Crippen LogP contribution in [0.4, 0.5) is 0 Å². The Hall–Kier alpha value is -0.940. The first kappa shape index (κ1) is 24.1. The molecule has 0 radical (unpaired) electrons. The Kier molecular flexibility index (Phi) is 12.6. The summed E-state index contributed by atoms with van der Waals surface area (Å²) in [4.78, 5) is 10.3. The van der Waals surface area contributed by atoms with Crippen LogP contribution >= 0.6 is 0 Å². The maximum Gasteiger partial charge on any atom is 0.0513 e. The van der Waals surface area contributed by atoms with E-state index in [1.165, 1.54) is 25.0 Å². The lowest BCUT2D eigenvalue weighted by Crippen LogP contribution is -2.44. The fraction of sp³-hybridized carbons (Fsp3) is 0.739. The Balaban J connectivity index is 2.87. The van der Waals surface area contributed by atoms with Gasteiger partial charge in [-0.2, -0.15) is 0 Å². The van der Waals surface area contributed by atoms with Gasteiger partial charge in [0.05, 0.1) is 6.67 Å². The second-order valence-corrected chi connectivity index (χ2v) is 8.16. The topological polar surface area (TPSA) is 13.0 Å². The van der Waals surface area contributed by atoms with Crippen molar-refractivity contribution in [1.82, 2.24) is 19.6 Å². The SMILES string of the molecule is C=CCN1CCN(CCCC)CCN(CC(=C)C(C)C)CN(CC=C)CC1. The zero-order chi connectivity index (χ0) is 20.1. The van der Waals surface area contributed by atoms with E-state index in [9.17, 15) is 0 Å². The summed E-state index contributed by atoms with van der Waals surface area (Å²) in [6.07, 6.45) is 6.60. The van der Waals surface area contributed by atoms with Crippen LogP contribution in [0, 0.1) is 5.92 Å². The largest absolute Gasteiger partial charge is 0.301 e. The third-order valence-corrected chi connectivity index (χ3v) is 5.44. The van der Waals surface area contributed by atoms with Crippen molar-refractivity contribution in [3.8, 4) is 0 Å². The minimum absolute atomic E-state index is 0.537. The van der Waals surface area contributed by atoms with Crippen LogP contribution < -0.4 is 0 Å². The first-order valence-electron chi connectivity index (χ1n) is 10.8. The number of hydrogen-bond donors (Lipinski definition) is 0. The molecule has 1 rings (SSSR count). The third kappa shape index (κ3) is 10.2. The molecule has 1 aliphatic rings. The van der Waals surface area contributed by atoms with E-state index >= 15 is 0 Å². The molecule has 27 heavy (non-hydrogen) atoms. The zero-order valence-electron chi connectivity index (χ0n) is 18.3. The van der Waals surface area contributed by atoms with E-state index in [1.54, 1.807) is 0 Å². The maximum atomic E-state index is 4.33. The van der Waals surface area contributed by atoms with Gasteiger partial charge in [0.15, 0.2) is 0 Å². The third-order valence-electron chi connectivity index (χ3n) is 5.44. The van der Waals surface area contributed by atoms with Gasteiger partial charge in [-0.05, 0) is 18.9 Å². The lowest BCUT2D eigenvalue weighted by Gasteiger charge is -2.32. The van der Waals surface area contributed by atoms with Crippen molar-refractivity contribution >= 4 is 0 Å². The monoisotopic (exact) mass is 376 g/mol. The van der Waals surface area contributed by atoms with Crippen LogP contribution in [0.3, 0.4) is 0 Å². The summed E-state index contributed by atoms with van der Waals surface area (Å²) in [6.45, 7) is 30.8. The van der Waals surface area contributed by atoms with Crippen molar-refractivity contribution < 1.29 is 0 Å². The van der Waals surface area contributed by atoms with Crippen LogP contribution in [0.25, 0.3) is 0 Å². The van der Waals surface area contributed by atoms with Crippen LogP contribution in [0.2, 0.25) is 0 Å². The Bertz CT molecular complexity index is 432. The molecule has 0 aromatic carbocycles. The van der Waals surface area contributed by atoms with Crippen molar-refractivity contribution in [1.29, 1.82) is 0 Å². The minimum Gasteiger partial charge on any atom is -0.301 e. The molecule has 4 heteroatoms. The second kappa shape index (κ2) is 14.1. The fourth-order valence-corrected chi connectivity index (χ4v) is 3.40. The number of rotatable bonds is 10. The number of nitrogens with zero attached hydrogens (tertiary/aromatic N) is 4. The fourth-order valence-electron chi connectivity index (χ4n) is 3.40. The van der Waals surface area contributed by atoms with E-state index < -0.39 is 0 Å². The van der Waals surface area contributed by atoms with Gasteiger partial charge in [0.2, 0.25) is 0 Å². The lowest BCUT2D eigenvalue weighted by molar-refractivity contribution is 0.134. The lowest BCUT2D eigenvalue weighted by atomic mass is 10.1. The molecule has 1 aliphatic heterocycles. The van der Waals surface area contributed by atoms with Gasteiger partial charge in [-0.3, -0.25) is 14.7 Å². The molecule has 1 heterocycles. The van der Waals surface area contributed by atoms with Gasteiger partial charge in [0.25, 0.3) is 0 Å². The van der Waals surface area contributed by atoms with E-state index in [0.717, 1.165) is 65.6 Å². The first-order valence-corrected chi connectivity index (χ1v) is 10.8. The zero-order valence-corrected chi connectivity index (χ0v) is 18.3. The molecule has 4 nitrogen and oxygen atoms in total. The van der Waals surface area contributed by atoms with Crippen molar-refractivity contribution in [3.63, 3.8) is 0 Å². The highest BCUT2D eigenvalue weighted by atomic mass is 15.3. The van der Waals surface area contributed by atoms with Gasteiger partial charge in [-0.25, -0.2) is 0 Å². The molecule has 0 spiro atoms. The molecule has 0 aromatic rings. The Morgan fingerprint density at radius 2 is 1.37 bits per heavy atom. The minimum atomic E-state index is 0.537. The molecular formula is C23H44N4. The molecule has 0 N–H and O–H groups in total. The van der Waals surface area contributed by atoms with E-state index in [2.05, 4.69) is 60.1 Å². The van der Waals surface area contributed by atoms with Gasteiger partial charge < -0.3 is 4.90 Å². The normalized spacial score (nSPS) is 19.7. The van der Waals surface area contributed by atoms with Crippen LogP contribution in [-0.4, -0.2) is 91.7 Å². The molecule has 1 fully saturated rings. The van der Waals surface area contributed by atoms with E-state index in [4.69, 9.17) is 0 Å². The molecule has 0 amide bonds. The quantitative estimate of drug-likeness (QED) is 0.541. The summed E-state index contributed by atoms with van der Waals surface area (Å²) >= 11 is 0. The maximum absolute atomic E-state index is 4.33. The standard InChI is InChI=1S/C23H44N4/c1-7-10-13-25-15-14-24(11-8-2)16-18-26(12-9-3)21-27(19-17-25)20-23(6)22(4)5/h8-9,22H,2-3,6-7,10-21H2,1,4-5H3. The Morgan fingerprint density at radius 1 is 0.852 bits per heavy atom. The van der Waals surface area contributed by atoms with Crippen LogP contribution in [0.15, 0.2) is 37.5 Å². The van der Waals surface area contributed by atoms with Crippen molar-refractivity contribution in [2.45, 2.75) is 33.6 Å². The summed E-state index contributed by atoms with van der Waals surface area (Å²) in [7, 11) is 0. The van der Waals surface area contributed by atoms with Gasteiger partial charge >= 0.3 is 0 Å². The highest BCUT2D eigenvalue weighted by molar-refractivity contribution is 5.00. The number of hydrogen-bond acceptors (Lipinski definition) is 4. The van der Waals surface area contributed by atoms with Gasteiger partial charge in [0, 0.05) is 58.9 Å². The van der Waals surface area contributed by atoms with Crippen molar-refractivity contribution in [3.05, 3.63) is 37.5 Å². The van der Waals surface area contributed by atoms with Crippen LogP contribution in [0.1, 0.15) is 33.6 Å². The summed E-state index contributed by atoms with van der Waals surface area (Å²) in [5.41, 5.74) is 1.33. The van der Waals surface area contributed by atoms with Gasteiger partial charge in [0.1, 0.15) is 0 Å². The van der Waals surface area contributed by atoms with E-state index in [1.807, 2.05) is 12.2 Å². The second-order valence-electron chi connectivity index (χ2n) is 8.16. The van der Waals surface area contributed by atoms with Gasteiger partial charge in [-0.1, -0.05) is 51.5 Å².